The monoisotopic (exact) mass is 347 g/mol. The molecule has 0 saturated carbocycles. The Balaban J connectivity index is 1.78. The van der Waals surface area contributed by atoms with Gasteiger partial charge in [0.1, 0.15) is 29.7 Å². The maximum absolute atomic E-state index is 12.8. The van der Waals surface area contributed by atoms with Crippen LogP contribution in [0.25, 0.3) is 0 Å². The van der Waals surface area contributed by atoms with Crippen LogP contribution in [0, 0.1) is 5.82 Å². The zero-order chi connectivity index (χ0) is 18.1. The number of nitrogens with one attached hydrogen (secondary N) is 1. The maximum Gasteiger partial charge on any atom is 0.261 e. The minimum Gasteiger partial charge on any atom is -0.497 e. The zero-order valence-corrected chi connectivity index (χ0v) is 14.3. The number of hydrogen-bond acceptors (Lipinski definition) is 4. The van der Waals surface area contributed by atoms with Gasteiger partial charge in [-0.3, -0.25) is 4.79 Å². The summed E-state index contributed by atoms with van der Waals surface area (Å²) < 4.78 is 29.1. The molecule has 2 aromatic carbocycles. The van der Waals surface area contributed by atoms with Crippen molar-refractivity contribution >= 4 is 5.91 Å². The number of halogens is 1. The van der Waals surface area contributed by atoms with Gasteiger partial charge < -0.3 is 19.5 Å². The van der Waals surface area contributed by atoms with Gasteiger partial charge in [-0.2, -0.15) is 0 Å². The number of methoxy groups -OCH3 is 1. The summed E-state index contributed by atoms with van der Waals surface area (Å²) in [4.78, 5) is 12.2. The quantitative estimate of drug-likeness (QED) is 0.708. The van der Waals surface area contributed by atoms with Gasteiger partial charge in [-0.15, -0.1) is 0 Å². The fourth-order valence-corrected chi connectivity index (χ4v) is 2.15. The van der Waals surface area contributed by atoms with Crippen molar-refractivity contribution in [3.8, 4) is 17.2 Å². The molecule has 0 fully saturated rings. The van der Waals surface area contributed by atoms with Gasteiger partial charge in [0.2, 0.25) is 0 Å². The molecule has 0 unspecified atom stereocenters. The smallest absolute Gasteiger partial charge is 0.261 e. The first kappa shape index (κ1) is 18.6. The molecule has 2 rings (SSSR count). The highest BCUT2D eigenvalue weighted by Crippen LogP contribution is 2.20. The van der Waals surface area contributed by atoms with Crippen LogP contribution in [-0.2, 0) is 4.79 Å². The van der Waals surface area contributed by atoms with Crippen molar-refractivity contribution in [1.29, 1.82) is 0 Å². The molecule has 0 spiro atoms. The molecule has 0 aliphatic rings. The van der Waals surface area contributed by atoms with E-state index in [1.165, 1.54) is 24.3 Å². The Labute approximate surface area is 146 Å². The van der Waals surface area contributed by atoms with E-state index < -0.39 is 6.10 Å². The lowest BCUT2D eigenvalue weighted by atomic mass is 10.2. The molecular formula is C19H22FNO4. The fourth-order valence-electron chi connectivity index (χ4n) is 2.15. The van der Waals surface area contributed by atoms with Crippen molar-refractivity contribution in [2.75, 3.05) is 20.3 Å². The molecule has 0 saturated heterocycles. The number of hydrogen-bond donors (Lipinski definition) is 1. The summed E-state index contributed by atoms with van der Waals surface area (Å²) in [6.07, 6.45) is -0.0695. The van der Waals surface area contributed by atoms with E-state index in [9.17, 15) is 9.18 Å². The molecule has 1 atom stereocenters. The van der Waals surface area contributed by atoms with Crippen LogP contribution in [0.2, 0.25) is 0 Å². The minimum atomic E-state index is -0.599. The largest absolute Gasteiger partial charge is 0.497 e. The van der Waals surface area contributed by atoms with E-state index in [1.54, 1.807) is 31.4 Å². The summed E-state index contributed by atoms with van der Waals surface area (Å²) in [6, 6.07) is 12.8. The molecule has 0 aliphatic heterocycles. The number of carbonyl (C=O) groups is 1. The Bertz CT molecular complexity index is 675. The first-order chi connectivity index (χ1) is 12.1. The van der Waals surface area contributed by atoms with Crippen molar-refractivity contribution in [2.45, 2.75) is 19.4 Å². The van der Waals surface area contributed by atoms with Gasteiger partial charge in [0, 0.05) is 6.07 Å². The van der Waals surface area contributed by atoms with Crippen molar-refractivity contribution in [3.63, 3.8) is 0 Å². The van der Waals surface area contributed by atoms with Crippen molar-refractivity contribution in [3.05, 3.63) is 54.3 Å². The van der Waals surface area contributed by atoms with Gasteiger partial charge in [-0.25, -0.2) is 4.39 Å². The third kappa shape index (κ3) is 5.99. The van der Waals surface area contributed by atoms with E-state index in [4.69, 9.17) is 14.2 Å². The summed E-state index contributed by atoms with van der Waals surface area (Å²) in [5, 5.41) is 2.77. The van der Waals surface area contributed by atoms with Crippen LogP contribution in [0.15, 0.2) is 48.5 Å². The van der Waals surface area contributed by atoms with Crippen molar-refractivity contribution < 1.29 is 23.4 Å². The highest BCUT2D eigenvalue weighted by molar-refractivity contribution is 5.81. The van der Waals surface area contributed by atoms with Crippen molar-refractivity contribution in [2.24, 2.45) is 0 Å². The second-order valence-electron chi connectivity index (χ2n) is 5.29. The normalized spacial score (nSPS) is 11.5. The third-order valence-electron chi connectivity index (χ3n) is 3.47. The lowest BCUT2D eigenvalue weighted by Gasteiger charge is -2.17. The molecule has 0 heterocycles. The van der Waals surface area contributed by atoms with Crippen LogP contribution in [-0.4, -0.2) is 32.3 Å². The number of amides is 1. The lowest BCUT2D eigenvalue weighted by Crippen LogP contribution is -2.39. The van der Waals surface area contributed by atoms with Crippen LogP contribution >= 0.6 is 0 Å². The topological polar surface area (TPSA) is 56.8 Å². The maximum atomic E-state index is 12.8. The van der Waals surface area contributed by atoms with Gasteiger partial charge in [0.05, 0.1) is 13.7 Å². The third-order valence-corrected chi connectivity index (χ3v) is 3.47. The molecule has 25 heavy (non-hydrogen) atoms. The van der Waals surface area contributed by atoms with Gasteiger partial charge in [-0.05, 0) is 42.8 Å². The summed E-state index contributed by atoms with van der Waals surface area (Å²) in [7, 11) is 1.57. The predicted octanol–water partition coefficient (Wildman–Crippen LogP) is 3.19. The molecule has 0 radical (unpaired) electrons. The molecule has 5 nitrogen and oxygen atoms in total. The molecule has 0 bridgehead atoms. The van der Waals surface area contributed by atoms with Crippen LogP contribution < -0.4 is 19.5 Å². The van der Waals surface area contributed by atoms with Crippen LogP contribution in [0.4, 0.5) is 4.39 Å². The van der Waals surface area contributed by atoms with E-state index in [0.29, 0.717) is 30.2 Å². The standard InChI is InChI=1S/C19H22FNO4/c1-3-18(25-17-6-4-5-16(13-17)23-2)19(22)21-11-12-24-15-9-7-14(20)8-10-15/h4-10,13,18H,3,11-12H2,1-2H3,(H,21,22)/t18-/m0/s1. The van der Waals surface area contributed by atoms with E-state index in [2.05, 4.69) is 5.32 Å². The first-order valence-electron chi connectivity index (χ1n) is 8.09. The number of benzene rings is 2. The molecular weight excluding hydrogens is 325 g/mol. The lowest BCUT2D eigenvalue weighted by molar-refractivity contribution is -0.128. The predicted molar refractivity (Wildman–Crippen MR) is 92.6 cm³/mol. The second-order valence-corrected chi connectivity index (χ2v) is 5.29. The molecule has 6 heteroatoms. The number of carbonyl (C=O) groups excluding carboxylic acids is 1. The minimum absolute atomic E-state index is 0.215. The van der Waals surface area contributed by atoms with E-state index >= 15 is 0 Å². The second kappa shape index (κ2) is 9.52. The van der Waals surface area contributed by atoms with Gasteiger partial charge in [0.25, 0.3) is 5.91 Å². The molecule has 134 valence electrons. The Kier molecular flexibility index (Phi) is 7.07. The van der Waals surface area contributed by atoms with Crippen LogP contribution in [0.5, 0.6) is 17.2 Å². The van der Waals surface area contributed by atoms with Gasteiger partial charge in [0.15, 0.2) is 6.10 Å². The molecule has 2 aromatic rings. The molecule has 1 N–H and O–H groups in total. The fraction of sp³-hybridized carbons (Fsp3) is 0.316. The van der Waals surface area contributed by atoms with E-state index in [0.717, 1.165) is 0 Å². The zero-order valence-electron chi connectivity index (χ0n) is 14.3. The molecule has 0 aliphatic carbocycles. The average Bonchev–Trinajstić information content (AvgIpc) is 2.64. The Hall–Kier alpha value is -2.76. The van der Waals surface area contributed by atoms with Crippen molar-refractivity contribution in [1.82, 2.24) is 5.32 Å². The number of ether oxygens (including phenoxy) is 3. The first-order valence-corrected chi connectivity index (χ1v) is 8.09. The average molecular weight is 347 g/mol. The van der Waals surface area contributed by atoms with Crippen LogP contribution in [0.3, 0.4) is 0 Å². The Morgan fingerprint density at radius 1 is 1.12 bits per heavy atom. The number of rotatable bonds is 9. The summed E-state index contributed by atoms with van der Waals surface area (Å²) in [5.41, 5.74) is 0. The van der Waals surface area contributed by atoms with E-state index in [-0.39, 0.29) is 18.3 Å². The van der Waals surface area contributed by atoms with Crippen LogP contribution in [0.1, 0.15) is 13.3 Å². The Morgan fingerprint density at radius 2 is 1.84 bits per heavy atom. The highest BCUT2D eigenvalue weighted by atomic mass is 19.1. The summed E-state index contributed by atoms with van der Waals surface area (Å²) in [6.45, 7) is 2.49. The van der Waals surface area contributed by atoms with Gasteiger partial charge in [-0.1, -0.05) is 13.0 Å². The summed E-state index contributed by atoms with van der Waals surface area (Å²) >= 11 is 0. The highest BCUT2D eigenvalue weighted by Gasteiger charge is 2.18. The SMILES string of the molecule is CC[C@H](Oc1cccc(OC)c1)C(=O)NCCOc1ccc(F)cc1. The molecule has 1 amide bonds. The van der Waals surface area contributed by atoms with Gasteiger partial charge >= 0.3 is 0 Å². The summed E-state index contributed by atoms with van der Waals surface area (Å²) in [5.74, 6) is 1.26. The Morgan fingerprint density at radius 3 is 2.52 bits per heavy atom. The molecule has 0 aromatic heterocycles. The van der Waals surface area contributed by atoms with E-state index in [1.807, 2.05) is 6.92 Å².